The Labute approximate surface area is 102 Å². The maximum atomic E-state index is 12.8. The van der Waals surface area contributed by atoms with Gasteiger partial charge in [0.05, 0.1) is 5.56 Å². The Balaban J connectivity index is 2.19. The Bertz CT molecular complexity index is 582. The predicted octanol–water partition coefficient (Wildman–Crippen LogP) is 2.80. The van der Waals surface area contributed by atoms with Crippen LogP contribution < -0.4 is 11.1 Å². The number of carbonyl (C=O) groups is 1. The first-order valence-corrected chi connectivity index (χ1v) is 5.18. The van der Waals surface area contributed by atoms with Gasteiger partial charge >= 0.3 is 0 Å². The van der Waals surface area contributed by atoms with E-state index in [4.69, 9.17) is 5.73 Å². The highest BCUT2D eigenvalue weighted by molar-refractivity contribution is 6.07. The van der Waals surface area contributed by atoms with Crippen molar-refractivity contribution in [2.75, 3.05) is 11.1 Å². The molecule has 0 aliphatic carbocycles. The highest BCUT2D eigenvalue weighted by atomic mass is 19.1. The van der Waals surface area contributed by atoms with Crippen LogP contribution in [0.3, 0.4) is 0 Å². The third-order valence-corrected chi connectivity index (χ3v) is 2.36. The zero-order valence-corrected chi connectivity index (χ0v) is 9.28. The summed E-state index contributed by atoms with van der Waals surface area (Å²) in [5.41, 5.74) is 6.19. The largest absolute Gasteiger partial charge is 0.398 e. The molecule has 18 heavy (non-hydrogen) atoms. The number of amides is 1. The molecule has 3 nitrogen and oxygen atoms in total. The van der Waals surface area contributed by atoms with E-state index in [1.807, 2.05) is 0 Å². The van der Waals surface area contributed by atoms with Crippen LogP contribution in [0.2, 0.25) is 0 Å². The van der Waals surface area contributed by atoms with E-state index in [1.165, 1.54) is 30.3 Å². The molecule has 2 aromatic carbocycles. The van der Waals surface area contributed by atoms with Crippen LogP contribution in [0.5, 0.6) is 0 Å². The van der Waals surface area contributed by atoms with Crippen LogP contribution in [0.15, 0.2) is 42.5 Å². The zero-order chi connectivity index (χ0) is 13.1. The molecule has 0 atom stereocenters. The molecule has 2 aromatic rings. The van der Waals surface area contributed by atoms with Gasteiger partial charge in [-0.1, -0.05) is 0 Å². The fourth-order valence-electron chi connectivity index (χ4n) is 1.47. The van der Waals surface area contributed by atoms with E-state index in [-0.39, 0.29) is 11.3 Å². The Morgan fingerprint density at radius 1 is 1.00 bits per heavy atom. The fraction of sp³-hybridized carbons (Fsp3) is 0. The quantitative estimate of drug-likeness (QED) is 0.803. The Morgan fingerprint density at radius 3 is 2.22 bits per heavy atom. The van der Waals surface area contributed by atoms with E-state index in [0.717, 1.165) is 12.1 Å². The third-order valence-electron chi connectivity index (χ3n) is 2.36. The molecule has 0 saturated carbocycles. The van der Waals surface area contributed by atoms with Crippen LogP contribution in [0.1, 0.15) is 10.4 Å². The third kappa shape index (κ3) is 2.63. The van der Waals surface area contributed by atoms with Crippen molar-refractivity contribution in [3.8, 4) is 0 Å². The molecule has 0 unspecified atom stereocenters. The van der Waals surface area contributed by atoms with Crippen molar-refractivity contribution in [1.82, 2.24) is 0 Å². The highest BCUT2D eigenvalue weighted by Crippen LogP contribution is 2.16. The minimum atomic E-state index is -0.508. The summed E-state index contributed by atoms with van der Waals surface area (Å²) in [6.45, 7) is 0. The summed E-state index contributed by atoms with van der Waals surface area (Å²) in [6.07, 6.45) is 0. The molecule has 92 valence electrons. The fourth-order valence-corrected chi connectivity index (χ4v) is 1.47. The Kier molecular flexibility index (Phi) is 3.23. The molecule has 1 amide bonds. The molecular weight excluding hydrogens is 238 g/mol. The van der Waals surface area contributed by atoms with E-state index in [2.05, 4.69) is 5.32 Å². The smallest absolute Gasteiger partial charge is 0.257 e. The van der Waals surface area contributed by atoms with Gasteiger partial charge in [-0.15, -0.1) is 0 Å². The van der Waals surface area contributed by atoms with Gasteiger partial charge in [-0.2, -0.15) is 0 Å². The van der Waals surface area contributed by atoms with Gasteiger partial charge in [0.25, 0.3) is 5.91 Å². The van der Waals surface area contributed by atoms with Crippen molar-refractivity contribution in [2.45, 2.75) is 0 Å². The number of hydrogen-bond acceptors (Lipinski definition) is 2. The number of halogens is 2. The van der Waals surface area contributed by atoms with Crippen molar-refractivity contribution in [1.29, 1.82) is 0 Å². The minimum Gasteiger partial charge on any atom is -0.398 e. The van der Waals surface area contributed by atoms with E-state index < -0.39 is 17.5 Å². The number of nitrogens with two attached hydrogens (primary N) is 1. The number of benzene rings is 2. The summed E-state index contributed by atoms with van der Waals surface area (Å²) in [4.78, 5) is 11.8. The molecule has 0 radical (unpaired) electrons. The highest BCUT2D eigenvalue weighted by Gasteiger charge is 2.10. The summed E-state index contributed by atoms with van der Waals surface area (Å²) in [6, 6.07) is 8.81. The van der Waals surface area contributed by atoms with Crippen molar-refractivity contribution in [3.63, 3.8) is 0 Å². The first-order valence-electron chi connectivity index (χ1n) is 5.18. The molecule has 5 heteroatoms. The molecular formula is C13H10F2N2O. The second-order valence-corrected chi connectivity index (χ2v) is 3.69. The molecule has 0 fully saturated rings. The Morgan fingerprint density at radius 2 is 1.61 bits per heavy atom. The number of nitrogens with one attached hydrogen (secondary N) is 1. The van der Waals surface area contributed by atoms with Crippen LogP contribution >= 0.6 is 0 Å². The summed E-state index contributed by atoms with van der Waals surface area (Å²) in [7, 11) is 0. The van der Waals surface area contributed by atoms with Gasteiger partial charge in [-0.05, 0) is 42.5 Å². The van der Waals surface area contributed by atoms with E-state index in [9.17, 15) is 13.6 Å². The molecule has 0 aliphatic rings. The van der Waals surface area contributed by atoms with Crippen LogP contribution in [-0.4, -0.2) is 5.91 Å². The van der Waals surface area contributed by atoms with E-state index in [1.54, 1.807) is 0 Å². The number of nitrogen functional groups attached to an aromatic ring is 1. The lowest BCUT2D eigenvalue weighted by atomic mass is 10.1. The van der Waals surface area contributed by atoms with Gasteiger partial charge in [-0.25, -0.2) is 8.78 Å². The molecule has 0 aromatic heterocycles. The number of anilines is 2. The molecule has 0 aliphatic heterocycles. The first kappa shape index (κ1) is 12.0. The average Bonchev–Trinajstić information content (AvgIpc) is 2.32. The van der Waals surface area contributed by atoms with Gasteiger partial charge in [0.1, 0.15) is 11.6 Å². The second kappa shape index (κ2) is 4.83. The van der Waals surface area contributed by atoms with Gasteiger partial charge in [0, 0.05) is 11.4 Å². The van der Waals surface area contributed by atoms with Crippen LogP contribution in [0.4, 0.5) is 20.2 Å². The SMILES string of the molecule is Nc1cc(F)ccc1C(=O)Nc1ccc(F)cc1. The summed E-state index contributed by atoms with van der Waals surface area (Å²) in [5, 5.41) is 2.54. The minimum absolute atomic E-state index is 0.0506. The topological polar surface area (TPSA) is 55.1 Å². The number of hydrogen-bond donors (Lipinski definition) is 2. The van der Waals surface area contributed by atoms with Gasteiger partial charge in [0.2, 0.25) is 0 Å². The Hall–Kier alpha value is -2.43. The zero-order valence-electron chi connectivity index (χ0n) is 9.28. The van der Waals surface area contributed by atoms with Crippen LogP contribution in [0, 0.1) is 11.6 Å². The molecule has 2 rings (SSSR count). The van der Waals surface area contributed by atoms with Crippen molar-refractivity contribution < 1.29 is 13.6 Å². The van der Waals surface area contributed by atoms with E-state index >= 15 is 0 Å². The van der Waals surface area contributed by atoms with E-state index in [0.29, 0.717) is 5.69 Å². The molecule has 3 N–H and O–H groups in total. The van der Waals surface area contributed by atoms with Gasteiger partial charge in [-0.3, -0.25) is 4.79 Å². The lowest BCUT2D eigenvalue weighted by Gasteiger charge is -2.07. The van der Waals surface area contributed by atoms with Crippen molar-refractivity contribution >= 4 is 17.3 Å². The van der Waals surface area contributed by atoms with Crippen molar-refractivity contribution in [3.05, 3.63) is 59.7 Å². The maximum absolute atomic E-state index is 12.8. The molecule has 0 spiro atoms. The predicted molar refractivity (Wildman–Crippen MR) is 65.2 cm³/mol. The lowest BCUT2D eigenvalue weighted by molar-refractivity contribution is 0.102. The maximum Gasteiger partial charge on any atom is 0.257 e. The normalized spacial score (nSPS) is 10.1. The van der Waals surface area contributed by atoms with Gasteiger partial charge < -0.3 is 11.1 Å². The molecule has 0 heterocycles. The monoisotopic (exact) mass is 248 g/mol. The summed E-state index contributed by atoms with van der Waals surface area (Å²) in [5.74, 6) is -1.38. The van der Waals surface area contributed by atoms with Gasteiger partial charge in [0.15, 0.2) is 0 Å². The summed E-state index contributed by atoms with van der Waals surface area (Å²) < 4.78 is 25.5. The lowest BCUT2D eigenvalue weighted by Crippen LogP contribution is -2.14. The summed E-state index contributed by atoms with van der Waals surface area (Å²) >= 11 is 0. The molecule has 0 bridgehead atoms. The standard InChI is InChI=1S/C13H10F2N2O/c14-8-1-4-10(5-2-8)17-13(18)11-6-3-9(15)7-12(11)16/h1-7H,16H2,(H,17,18). The van der Waals surface area contributed by atoms with Crippen molar-refractivity contribution in [2.24, 2.45) is 0 Å². The molecule has 0 saturated heterocycles. The van der Waals surface area contributed by atoms with Crippen LogP contribution in [-0.2, 0) is 0 Å². The number of carbonyl (C=O) groups excluding carboxylic acids is 1. The number of rotatable bonds is 2. The average molecular weight is 248 g/mol. The van der Waals surface area contributed by atoms with Crippen LogP contribution in [0.25, 0.3) is 0 Å². The first-order chi connectivity index (χ1) is 8.56. The second-order valence-electron chi connectivity index (χ2n) is 3.69.